The highest BCUT2D eigenvalue weighted by atomic mass is 16.2. The Morgan fingerprint density at radius 1 is 1.33 bits per heavy atom. The second-order valence-corrected chi connectivity index (χ2v) is 4.82. The quantitative estimate of drug-likeness (QED) is 0.652. The number of carbonyl (C=O) groups excluding carboxylic acids is 2. The molecule has 0 unspecified atom stereocenters. The van der Waals surface area contributed by atoms with E-state index in [9.17, 15) is 9.59 Å². The molecule has 4 heteroatoms. The van der Waals surface area contributed by atoms with Gasteiger partial charge in [0, 0.05) is 12.6 Å². The molecule has 0 saturated carbocycles. The molecule has 1 saturated heterocycles. The molecule has 0 aliphatic carbocycles. The van der Waals surface area contributed by atoms with Crippen molar-refractivity contribution >= 4 is 11.8 Å². The van der Waals surface area contributed by atoms with Gasteiger partial charge in [-0.3, -0.25) is 9.59 Å². The Morgan fingerprint density at radius 3 is 2.40 bits per heavy atom. The molecule has 86 valence electrons. The van der Waals surface area contributed by atoms with Crippen LogP contribution in [0, 0.1) is 11.8 Å². The first-order valence-corrected chi connectivity index (χ1v) is 5.54. The van der Waals surface area contributed by atoms with Gasteiger partial charge in [0.15, 0.2) is 0 Å². The molecule has 1 heterocycles. The highest BCUT2D eigenvalue weighted by molar-refractivity contribution is 6.34. The van der Waals surface area contributed by atoms with Gasteiger partial charge in [-0.25, -0.2) is 0 Å². The molecule has 1 aliphatic rings. The fourth-order valence-electron chi connectivity index (χ4n) is 2.24. The van der Waals surface area contributed by atoms with Crippen LogP contribution in [-0.4, -0.2) is 29.3 Å². The third-order valence-corrected chi connectivity index (χ3v) is 3.11. The minimum Gasteiger partial charge on any atom is -0.361 e. The SMILES string of the molecule is CC(C)[C@@H]1CC[C@@H](C)CN1C(=O)C(N)=O. The lowest BCUT2D eigenvalue weighted by Crippen LogP contribution is -2.52. The van der Waals surface area contributed by atoms with E-state index >= 15 is 0 Å². The van der Waals surface area contributed by atoms with Crippen LogP contribution in [0.1, 0.15) is 33.6 Å². The number of piperidine rings is 1. The molecule has 1 fully saturated rings. The first kappa shape index (κ1) is 12.0. The number of rotatable bonds is 1. The molecule has 1 aliphatic heterocycles. The summed E-state index contributed by atoms with van der Waals surface area (Å²) in [6, 6.07) is 0.168. The van der Waals surface area contributed by atoms with Gasteiger partial charge < -0.3 is 10.6 Å². The summed E-state index contributed by atoms with van der Waals surface area (Å²) in [5.41, 5.74) is 5.04. The zero-order chi connectivity index (χ0) is 11.6. The molecule has 0 radical (unpaired) electrons. The van der Waals surface area contributed by atoms with E-state index in [0.717, 1.165) is 12.8 Å². The van der Waals surface area contributed by atoms with E-state index in [1.165, 1.54) is 0 Å². The summed E-state index contributed by atoms with van der Waals surface area (Å²) in [6.07, 6.45) is 2.09. The van der Waals surface area contributed by atoms with Crippen LogP contribution in [0.5, 0.6) is 0 Å². The van der Waals surface area contributed by atoms with E-state index in [4.69, 9.17) is 5.73 Å². The summed E-state index contributed by atoms with van der Waals surface area (Å²) in [5.74, 6) is -0.529. The molecule has 0 aromatic carbocycles. The summed E-state index contributed by atoms with van der Waals surface area (Å²) in [6.45, 7) is 6.90. The minimum absolute atomic E-state index is 0.168. The number of amides is 2. The van der Waals surface area contributed by atoms with Gasteiger partial charge in [-0.1, -0.05) is 20.8 Å². The number of nitrogens with two attached hydrogens (primary N) is 1. The smallest absolute Gasteiger partial charge is 0.311 e. The largest absolute Gasteiger partial charge is 0.361 e. The van der Waals surface area contributed by atoms with Gasteiger partial charge in [-0.15, -0.1) is 0 Å². The standard InChI is InChI=1S/C11H20N2O2/c1-7(2)9-5-4-8(3)6-13(9)11(15)10(12)14/h7-9H,4-6H2,1-3H3,(H2,12,14)/t8-,9+/m1/s1. The maximum Gasteiger partial charge on any atom is 0.311 e. The van der Waals surface area contributed by atoms with Crippen molar-refractivity contribution in [3.8, 4) is 0 Å². The van der Waals surface area contributed by atoms with Crippen LogP contribution in [0.15, 0.2) is 0 Å². The van der Waals surface area contributed by atoms with Crippen LogP contribution in [0.2, 0.25) is 0 Å². The Hall–Kier alpha value is -1.06. The summed E-state index contributed by atoms with van der Waals surface area (Å²) in [4.78, 5) is 24.2. The van der Waals surface area contributed by atoms with Gasteiger partial charge in [0.05, 0.1) is 0 Å². The van der Waals surface area contributed by atoms with Crippen LogP contribution in [-0.2, 0) is 9.59 Å². The Morgan fingerprint density at radius 2 is 1.93 bits per heavy atom. The van der Waals surface area contributed by atoms with Crippen molar-refractivity contribution in [1.82, 2.24) is 4.90 Å². The lowest BCUT2D eigenvalue weighted by molar-refractivity contribution is -0.148. The van der Waals surface area contributed by atoms with Crippen LogP contribution >= 0.6 is 0 Å². The van der Waals surface area contributed by atoms with Gasteiger partial charge in [0.1, 0.15) is 0 Å². The van der Waals surface area contributed by atoms with Gasteiger partial charge >= 0.3 is 11.8 Å². The minimum atomic E-state index is -0.838. The third kappa shape index (κ3) is 2.70. The zero-order valence-corrected chi connectivity index (χ0v) is 9.69. The van der Waals surface area contributed by atoms with E-state index in [1.807, 2.05) is 0 Å². The monoisotopic (exact) mass is 212 g/mol. The Kier molecular flexibility index (Phi) is 3.72. The number of likely N-dealkylation sites (tertiary alicyclic amines) is 1. The predicted octanol–water partition coefficient (Wildman–Crippen LogP) is 0.755. The number of carbonyl (C=O) groups is 2. The van der Waals surface area contributed by atoms with Crippen molar-refractivity contribution in [2.45, 2.75) is 39.7 Å². The molecule has 2 amide bonds. The zero-order valence-electron chi connectivity index (χ0n) is 9.69. The molecule has 0 bridgehead atoms. The maximum absolute atomic E-state index is 11.6. The fraction of sp³-hybridized carbons (Fsp3) is 0.818. The van der Waals surface area contributed by atoms with Crippen molar-refractivity contribution in [3.05, 3.63) is 0 Å². The van der Waals surface area contributed by atoms with Gasteiger partial charge in [-0.2, -0.15) is 0 Å². The highest BCUT2D eigenvalue weighted by Crippen LogP contribution is 2.26. The number of hydrogen-bond donors (Lipinski definition) is 1. The molecule has 15 heavy (non-hydrogen) atoms. The maximum atomic E-state index is 11.6. The van der Waals surface area contributed by atoms with Gasteiger partial charge in [0.25, 0.3) is 0 Å². The van der Waals surface area contributed by atoms with Crippen LogP contribution in [0.4, 0.5) is 0 Å². The molecular weight excluding hydrogens is 192 g/mol. The second-order valence-electron chi connectivity index (χ2n) is 4.82. The first-order chi connectivity index (χ1) is 6.93. The number of primary amides is 1. The Balaban J connectivity index is 2.79. The Labute approximate surface area is 90.8 Å². The number of nitrogens with zero attached hydrogens (tertiary/aromatic N) is 1. The molecule has 0 aromatic rings. The van der Waals surface area contributed by atoms with Crippen molar-refractivity contribution in [3.63, 3.8) is 0 Å². The van der Waals surface area contributed by atoms with E-state index < -0.39 is 11.8 Å². The van der Waals surface area contributed by atoms with Crippen molar-refractivity contribution in [1.29, 1.82) is 0 Å². The fourth-order valence-corrected chi connectivity index (χ4v) is 2.24. The van der Waals surface area contributed by atoms with Crippen molar-refractivity contribution in [2.75, 3.05) is 6.54 Å². The molecule has 0 spiro atoms. The lowest BCUT2D eigenvalue weighted by atomic mass is 9.88. The molecule has 4 nitrogen and oxygen atoms in total. The van der Waals surface area contributed by atoms with Crippen LogP contribution in [0.3, 0.4) is 0 Å². The van der Waals surface area contributed by atoms with Crippen molar-refractivity contribution in [2.24, 2.45) is 17.6 Å². The summed E-state index contributed by atoms with van der Waals surface area (Å²) in [7, 11) is 0. The van der Waals surface area contributed by atoms with Crippen LogP contribution < -0.4 is 5.73 Å². The highest BCUT2D eigenvalue weighted by Gasteiger charge is 2.33. The first-order valence-electron chi connectivity index (χ1n) is 5.54. The van der Waals surface area contributed by atoms with Gasteiger partial charge in [-0.05, 0) is 24.7 Å². The summed E-state index contributed by atoms with van der Waals surface area (Å²) < 4.78 is 0. The summed E-state index contributed by atoms with van der Waals surface area (Å²) in [5, 5.41) is 0. The molecule has 0 aromatic heterocycles. The predicted molar refractivity (Wildman–Crippen MR) is 57.9 cm³/mol. The third-order valence-electron chi connectivity index (χ3n) is 3.11. The van der Waals surface area contributed by atoms with Crippen molar-refractivity contribution < 1.29 is 9.59 Å². The van der Waals surface area contributed by atoms with E-state index in [1.54, 1.807) is 4.90 Å². The van der Waals surface area contributed by atoms with Crippen LogP contribution in [0.25, 0.3) is 0 Å². The molecule has 2 atom stereocenters. The van der Waals surface area contributed by atoms with E-state index in [0.29, 0.717) is 18.4 Å². The topological polar surface area (TPSA) is 63.4 Å². The lowest BCUT2D eigenvalue weighted by Gasteiger charge is -2.40. The number of hydrogen-bond acceptors (Lipinski definition) is 2. The van der Waals surface area contributed by atoms with E-state index in [2.05, 4.69) is 20.8 Å². The molecular formula is C11H20N2O2. The van der Waals surface area contributed by atoms with Gasteiger partial charge in [0.2, 0.25) is 0 Å². The normalized spacial score (nSPS) is 26.8. The Bertz CT molecular complexity index is 263. The average molecular weight is 212 g/mol. The second kappa shape index (κ2) is 4.64. The molecule has 1 rings (SSSR count). The molecule has 2 N–H and O–H groups in total. The van der Waals surface area contributed by atoms with E-state index in [-0.39, 0.29) is 6.04 Å². The average Bonchev–Trinajstić information content (AvgIpc) is 2.15. The summed E-state index contributed by atoms with van der Waals surface area (Å²) >= 11 is 0.